The van der Waals surface area contributed by atoms with E-state index >= 15 is 0 Å². The second-order valence-corrected chi connectivity index (χ2v) is 5.22. The number of carbonyl (C=O) groups is 1. The maximum Gasteiger partial charge on any atom is 0.239 e. The number of halogens is 1. The Hall–Kier alpha value is -0.570. The second kappa shape index (κ2) is 10.2. The monoisotopic (exact) mass is 386 g/mol. The Bertz CT molecular complexity index is 290. The fourth-order valence-electron chi connectivity index (χ4n) is 1.35. The molecule has 0 bridgehead atoms. The van der Waals surface area contributed by atoms with E-state index in [2.05, 4.69) is 20.9 Å². The summed E-state index contributed by atoms with van der Waals surface area (Å²) in [4.78, 5) is 15.6. The summed E-state index contributed by atoms with van der Waals surface area (Å²) < 4.78 is 5.02. The lowest BCUT2D eigenvalue weighted by Crippen LogP contribution is -2.50. The summed E-state index contributed by atoms with van der Waals surface area (Å²) in [6.45, 7) is 8.58. The van der Waals surface area contributed by atoms with Crippen LogP contribution in [0.25, 0.3) is 0 Å². The van der Waals surface area contributed by atoms with Crippen molar-refractivity contribution in [3.05, 3.63) is 0 Å². The molecular weight excluding hydrogens is 359 g/mol. The number of rotatable bonds is 5. The second-order valence-electron chi connectivity index (χ2n) is 5.22. The average Bonchev–Trinajstić information content (AvgIpc) is 2.22. The van der Waals surface area contributed by atoms with Gasteiger partial charge in [0.2, 0.25) is 5.91 Å². The van der Waals surface area contributed by atoms with E-state index < -0.39 is 0 Å². The van der Waals surface area contributed by atoms with Crippen molar-refractivity contribution in [3.63, 3.8) is 0 Å². The number of hydrogen-bond acceptors (Lipinski definition) is 3. The van der Waals surface area contributed by atoms with Crippen LogP contribution < -0.4 is 16.0 Å². The number of ether oxygens (including phenoxy) is 1. The molecule has 0 saturated carbocycles. The van der Waals surface area contributed by atoms with Gasteiger partial charge in [0.05, 0.1) is 13.2 Å². The molecule has 7 heteroatoms. The predicted octanol–water partition coefficient (Wildman–Crippen LogP) is 0.719. The minimum atomic E-state index is -0.223. The molecule has 19 heavy (non-hydrogen) atoms. The summed E-state index contributed by atoms with van der Waals surface area (Å²) in [7, 11) is 3.31. The van der Waals surface area contributed by atoms with Crippen molar-refractivity contribution in [2.24, 2.45) is 4.99 Å². The van der Waals surface area contributed by atoms with E-state index in [9.17, 15) is 4.79 Å². The van der Waals surface area contributed by atoms with Crippen LogP contribution in [0, 0.1) is 0 Å². The predicted molar refractivity (Wildman–Crippen MR) is 89.1 cm³/mol. The Balaban J connectivity index is 0. The van der Waals surface area contributed by atoms with Crippen LogP contribution in [0.4, 0.5) is 0 Å². The van der Waals surface area contributed by atoms with E-state index in [1.807, 2.05) is 27.7 Å². The molecule has 114 valence electrons. The van der Waals surface area contributed by atoms with Gasteiger partial charge in [-0.25, -0.2) is 0 Å². The Morgan fingerprint density at radius 1 is 1.37 bits per heavy atom. The first kappa shape index (κ1) is 20.7. The maximum atomic E-state index is 11.6. The van der Waals surface area contributed by atoms with E-state index in [0.29, 0.717) is 12.6 Å². The van der Waals surface area contributed by atoms with Gasteiger partial charge >= 0.3 is 0 Å². The Morgan fingerprint density at radius 3 is 2.37 bits per heavy atom. The van der Waals surface area contributed by atoms with Gasteiger partial charge in [-0.2, -0.15) is 0 Å². The van der Waals surface area contributed by atoms with Crippen molar-refractivity contribution in [1.82, 2.24) is 16.0 Å². The molecule has 0 spiro atoms. The molecule has 1 atom stereocenters. The molecule has 0 rings (SSSR count). The van der Waals surface area contributed by atoms with Crippen molar-refractivity contribution in [2.75, 3.05) is 27.3 Å². The van der Waals surface area contributed by atoms with Crippen molar-refractivity contribution >= 4 is 35.8 Å². The molecule has 0 heterocycles. The van der Waals surface area contributed by atoms with Crippen molar-refractivity contribution < 1.29 is 9.53 Å². The number of aliphatic imine (C=N–C) groups is 1. The van der Waals surface area contributed by atoms with Crippen LogP contribution in [-0.2, 0) is 9.53 Å². The highest BCUT2D eigenvalue weighted by Gasteiger charge is 2.14. The largest absolute Gasteiger partial charge is 0.383 e. The third-order valence-corrected chi connectivity index (χ3v) is 1.95. The van der Waals surface area contributed by atoms with E-state index in [4.69, 9.17) is 4.74 Å². The van der Waals surface area contributed by atoms with Gasteiger partial charge in [-0.1, -0.05) is 0 Å². The molecule has 1 unspecified atom stereocenters. The van der Waals surface area contributed by atoms with E-state index in [0.717, 1.165) is 0 Å². The standard InChI is InChI=1S/C12H26N4O2.HI/c1-9(8-18-6)15-11(13-5)14-7-10(17)16-12(2,3)4;/h9H,7-8H2,1-6H3,(H,16,17)(H2,13,14,15);1H. The number of methoxy groups -OCH3 is 1. The Morgan fingerprint density at radius 2 is 1.95 bits per heavy atom. The van der Waals surface area contributed by atoms with Crippen molar-refractivity contribution in [1.29, 1.82) is 0 Å². The van der Waals surface area contributed by atoms with Gasteiger partial charge in [-0.3, -0.25) is 9.79 Å². The topological polar surface area (TPSA) is 74.8 Å². The summed E-state index contributed by atoms with van der Waals surface area (Å²) in [6, 6.07) is 0.131. The van der Waals surface area contributed by atoms with Gasteiger partial charge in [0, 0.05) is 25.7 Å². The third-order valence-electron chi connectivity index (χ3n) is 1.95. The highest BCUT2D eigenvalue weighted by atomic mass is 127. The number of hydrogen-bond donors (Lipinski definition) is 3. The zero-order valence-electron chi connectivity index (χ0n) is 12.7. The summed E-state index contributed by atoms with van der Waals surface area (Å²) >= 11 is 0. The lowest BCUT2D eigenvalue weighted by molar-refractivity contribution is -0.121. The fraction of sp³-hybridized carbons (Fsp3) is 0.833. The number of guanidine groups is 1. The Kier molecular flexibility index (Phi) is 11.2. The molecule has 0 aromatic rings. The SMILES string of the molecule is CN=C(NCC(=O)NC(C)(C)C)NC(C)COC.I. The number of amides is 1. The molecule has 0 aliphatic heterocycles. The van der Waals surface area contributed by atoms with E-state index in [-0.39, 0.29) is 48.0 Å². The molecule has 0 radical (unpaired) electrons. The normalized spacial score (nSPS) is 13.3. The minimum absolute atomic E-state index is 0. The van der Waals surface area contributed by atoms with Crippen LogP contribution in [0.2, 0.25) is 0 Å². The van der Waals surface area contributed by atoms with Gasteiger partial charge in [-0.15, -0.1) is 24.0 Å². The van der Waals surface area contributed by atoms with Gasteiger partial charge in [0.1, 0.15) is 0 Å². The lowest BCUT2D eigenvalue weighted by atomic mass is 10.1. The summed E-state index contributed by atoms with van der Waals surface area (Å²) in [5.41, 5.74) is -0.223. The lowest BCUT2D eigenvalue weighted by Gasteiger charge is -2.21. The Labute approximate surface area is 133 Å². The van der Waals surface area contributed by atoms with Crippen molar-refractivity contribution in [3.8, 4) is 0 Å². The zero-order chi connectivity index (χ0) is 14.2. The molecule has 6 nitrogen and oxygen atoms in total. The highest BCUT2D eigenvalue weighted by molar-refractivity contribution is 14.0. The van der Waals surface area contributed by atoms with Crippen LogP contribution in [0.1, 0.15) is 27.7 Å². The van der Waals surface area contributed by atoms with E-state index in [1.165, 1.54) is 0 Å². The summed E-state index contributed by atoms with van der Waals surface area (Å²) in [5, 5.41) is 8.94. The minimum Gasteiger partial charge on any atom is -0.383 e. The first-order valence-electron chi connectivity index (χ1n) is 6.05. The van der Waals surface area contributed by atoms with E-state index in [1.54, 1.807) is 14.2 Å². The molecule has 0 aliphatic carbocycles. The average molecular weight is 386 g/mol. The van der Waals surface area contributed by atoms with Crippen molar-refractivity contribution in [2.45, 2.75) is 39.3 Å². The zero-order valence-corrected chi connectivity index (χ0v) is 15.0. The molecule has 0 fully saturated rings. The van der Waals surface area contributed by atoms with Gasteiger partial charge in [0.15, 0.2) is 5.96 Å². The van der Waals surface area contributed by atoms with Gasteiger partial charge < -0.3 is 20.7 Å². The molecule has 3 N–H and O–H groups in total. The third kappa shape index (κ3) is 12.2. The van der Waals surface area contributed by atoms with Crippen LogP contribution in [0.15, 0.2) is 4.99 Å². The van der Waals surface area contributed by atoms with Crippen LogP contribution in [0.3, 0.4) is 0 Å². The summed E-state index contributed by atoms with van der Waals surface area (Å²) in [6.07, 6.45) is 0. The van der Waals surface area contributed by atoms with Crippen LogP contribution in [0.5, 0.6) is 0 Å². The molecule has 0 aliphatic rings. The van der Waals surface area contributed by atoms with Gasteiger partial charge in [0.25, 0.3) is 0 Å². The summed E-state index contributed by atoms with van der Waals surface area (Å²) in [5.74, 6) is 0.522. The molecular formula is C12H27IN4O2. The maximum absolute atomic E-state index is 11.6. The van der Waals surface area contributed by atoms with Gasteiger partial charge in [-0.05, 0) is 27.7 Å². The highest BCUT2D eigenvalue weighted by Crippen LogP contribution is 1.97. The number of carbonyl (C=O) groups excluding carboxylic acids is 1. The molecule has 0 aromatic carbocycles. The quantitative estimate of drug-likeness (QED) is 0.370. The fourth-order valence-corrected chi connectivity index (χ4v) is 1.35. The van der Waals surface area contributed by atoms with Crippen LogP contribution >= 0.6 is 24.0 Å². The number of nitrogens with one attached hydrogen (secondary N) is 3. The molecule has 0 saturated heterocycles. The number of nitrogens with zero attached hydrogens (tertiary/aromatic N) is 1. The van der Waals surface area contributed by atoms with Crippen LogP contribution in [-0.4, -0.2) is 50.8 Å². The first-order chi connectivity index (χ1) is 8.28. The molecule has 1 amide bonds. The molecule has 0 aromatic heterocycles. The smallest absolute Gasteiger partial charge is 0.239 e. The first-order valence-corrected chi connectivity index (χ1v) is 6.05.